The Balaban J connectivity index is 1.66. The molecule has 0 fully saturated rings. The Morgan fingerprint density at radius 1 is 0.542 bits per heavy atom. The van der Waals surface area contributed by atoms with Crippen molar-refractivity contribution in [1.82, 2.24) is 0 Å². The van der Waals surface area contributed by atoms with E-state index in [1.807, 2.05) is 36.4 Å². The first-order chi connectivity index (χ1) is 11.8. The molecule has 0 aromatic heterocycles. The molecule has 3 aromatic rings. The number of rotatable bonds is 4. The molecule has 0 saturated heterocycles. The van der Waals surface area contributed by atoms with Crippen LogP contribution in [0.15, 0.2) is 84.9 Å². The van der Waals surface area contributed by atoms with Crippen LogP contribution in [-0.2, 0) is 17.6 Å². The summed E-state index contributed by atoms with van der Waals surface area (Å²) in [4.78, 5) is 13.2. The van der Waals surface area contributed by atoms with Crippen molar-refractivity contribution >= 4 is 5.78 Å². The van der Waals surface area contributed by atoms with Crippen molar-refractivity contribution < 1.29 is 4.79 Å². The lowest BCUT2D eigenvalue weighted by atomic mass is 9.90. The first kappa shape index (κ1) is 14.9. The van der Waals surface area contributed by atoms with Crippen molar-refractivity contribution in [2.75, 3.05) is 0 Å². The number of hydrogen-bond acceptors (Lipinski definition) is 1. The van der Waals surface area contributed by atoms with E-state index in [1.54, 1.807) is 0 Å². The van der Waals surface area contributed by atoms with Crippen LogP contribution in [0.3, 0.4) is 0 Å². The van der Waals surface area contributed by atoms with E-state index in [0.29, 0.717) is 5.78 Å². The summed E-state index contributed by atoms with van der Waals surface area (Å²) < 4.78 is 0. The molecule has 2 unspecified atom stereocenters. The van der Waals surface area contributed by atoms with Gasteiger partial charge in [0, 0.05) is 11.8 Å². The summed E-state index contributed by atoms with van der Waals surface area (Å²) in [5, 5.41) is 0. The number of carbonyl (C=O) groups excluding carboxylic acids is 1. The van der Waals surface area contributed by atoms with Crippen LogP contribution in [0, 0.1) is 0 Å². The molecule has 0 heterocycles. The highest BCUT2D eigenvalue weighted by molar-refractivity contribution is 5.97. The van der Waals surface area contributed by atoms with E-state index < -0.39 is 0 Å². The highest BCUT2D eigenvalue weighted by Crippen LogP contribution is 2.42. The molecule has 2 atom stereocenters. The van der Waals surface area contributed by atoms with Crippen molar-refractivity contribution in [2.45, 2.75) is 24.7 Å². The van der Waals surface area contributed by atoms with Gasteiger partial charge >= 0.3 is 0 Å². The number of ketones is 1. The average Bonchev–Trinajstić information content (AvgIpc) is 2.90. The van der Waals surface area contributed by atoms with Crippen LogP contribution < -0.4 is 0 Å². The van der Waals surface area contributed by atoms with Gasteiger partial charge in [-0.05, 0) is 35.1 Å². The van der Waals surface area contributed by atoms with Gasteiger partial charge in [0.25, 0.3) is 0 Å². The van der Waals surface area contributed by atoms with Gasteiger partial charge in [-0.1, -0.05) is 84.9 Å². The molecule has 0 saturated carbocycles. The quantitative estimate of drug-likeness (QED) is 0.668. The second-order valence-corrected chi connectivity index (χ2v) is 6.52. The Hall–Kier alpha value is -2.67. The van der Waals surface area contributed by atoms with Crippen molar-refractivity contribution in [3.8, 4) is 0 Å². The average molecular weight is 312 g/mol. The van der Waals surface area contributed by atoms with Gasteiger partial charge in [-0.3, -0.25) is 4.79 Å². The lowest BCUT2D eigenvalue weighted by Gasteiger charge is -2.12. The van der Waals surface area contributed by atoms with E-state index in [2.05, 4.69) is 48.5 Å². The summed E-state index contributed by atoms with van der Waals surface area (Å²) in [6.07, 6.45) is 1.59. The van der Waals surface area contributed by atoms with Crippen LogP contribution in [0.4, 0.5) is 0 Å². The molecule has 118 valence electrons. The molecule has 0 bridgehead atoms. The van der Waals surface area contributed by atoms with Crippen molar-refractivity contribution in [2.24, 2.45) is 0 Å². The van der Waals surface area contributed by atoms with Crippen LogP contribution in [0.5, 0.6) is 0 Å². The predicted molar refractivity (Wildman–Crippen MR) is 97.2 cm³/mol. The minimum Gasteiger partial charge on any atom is -0.298 e. The Morgan fingerprint density at radius 3 is 1.33 bits per heavy atom. The lowest BCUT2D eigenvalue weighted by molar-refractivity contribution is -0.120. The van der Waals surface area contributed by atoms with Crippen molar-refractivity contribution in [3.63, 3.8) is 0 Å². The fraction of sp³-hybridized carbons (Fsp3) is 0.174. The highest BCUT2D eigenvalue weighted by Gasteiger charge is 2.38. The van der Waals surface area contributed by atoms with Crippen LogP contribution in [-0.4, -0.2) is 5.78 Å². The standard InChI is InChI=1S/C23H20O/c24-23-21(15-17-9-3-1-4-10-17)19-13-7-8-14-20(19)22(23)16-18-11-5-2-6-12-18/h1-14,21-22H,15-16H2. The predicted octanol–water partition coefficient (Wildman–Crippen LogP) is 4.92. The molecule has 0 radical (unpaired) electrons. The maximum Gasteiger partial charge on any atom is 0.148 e. The minimum absolute atomic E-state index is 0.0164. The summed E-state index contributed by atoms with van der Waals surface area (Å²) in [5.74, 6) is 0.332. The van der Waals surface area contributed by atoms with Crippen molar-refractivity contribution in [3.05, 3.63) is 107 Å². The summed E-state index contributed by atoms with van der Waals surface area (Å²) in [7, 11) is 0. The molecule has 0 amide bonds. The fourth-order valence-corrected chi connectivity index (χ4v) is 3.82. The van der Waals surface area contributed by atoms with Gasteiger partial charge in [-0.2, -0.15) is 0 Å². The van der Waals surface area contributed by atoms with E-state index in [1.165, 1.54) is 22.3 Å². The summed E-state index contributed by atoms with van der Waals surface area (Å²) in [5.41, 5.74) is 4.89. The number of hydrogen-bond donors (Lipinski definition) is 0. The molecule has 3 aromatic carbocycles. The molecular formula is C23H20O. The molecule has 0 N–H and O–H groups in total. The van der Waals surface area contributed by atoms with E-state index >= 15 is 0 Å². The second-order valence-electron chi connectivity index (χ2n) is 6.52. The monoisotopic (exact) mass is 312 g/mol. The first-order valence-corrected chi connectivity index (χ1v) is 8.53. The normalized spacial score (nSPS) is 19.2. The van der Waals surface area contributed by atoms with Gasteiger partial charge in [0.15, 0.2) is 0 Å². The number of carbonyl (C=O) groups is 1. The zero-order valence-electron chi connectivity index (χ0n) is 13.6. The van der Waals surface area contributed by atoms with Gasteiger partial charge in [0.05, 0.1) is 0 Å². The third-order valence-electron chi connectivity index (χ3n) is 5.00. The number of fused-ring (bicyclic) bond motifs is 1. The van der Waals surface area contributed by atoms with E-state index in [-0.39, 0.29) is 11.8 Å². The summed E-state index contributed by atoms with van der Waals surface area (Å²) in [6.45, 7) is 0. The molecular weight excluding hydrogens is 292 g/mol. The molecule has 1 aliphatic carbocycles. The molecule has 0 spiro atoms. The maximum absolute atomic E-state index is 13.2. The van der Waals surface area contributed by atoms with Crippen LogP contribution in [0.2, 0.25) is 0 Å². The Morgan fingerprint density at radius 2 is 0.917 bits per heavy atom. The SMILES string of the molecule is O=C1C(Cc2ccccc2)c2ccccc2C1Cc1ccccc1. The topological polar surface area (TPSA) is 17.1 Å². The van der Waals surface area contributed by atoms with E-state index in [9.17, 15) is 4.79 Å². The van der Waals surface area contributed by atoms with E-state index in [4.69, 9.17) is 0 Å². The zero-order chi connectivity index (χ0) is 16.4. The van der Waals surface area contributed by atoms with Gasteiger partial charge in [-0.25, -0.2) is 0 Å². The van der Waals surface area contributed by atoms with Gasteiger partial charge in [0.2, 0.25) is 0 Å². The maximum atomic E-state index is 13.2. The molecule has 24 heavy (non-hydrogen) atoms. The Kier molecular flexibility index (Phi) is 4.00. The minimum atomic E-state index is -0.0164. The Bertz CT molecular complexity index is 766. The molecule has 1 heteroatoms. The second kappa shape index (κ2) is 6.45. The largest absolute Gasteiger partial charge is 0.298 e. The van der Waals surface area contributed by atoms with Crippen LogP contribution in [0.25, 0.3) is 0 Å². The number of Topliss-reactive ketones (excluding diaryl/α,β-unsaturated/α-hetero) is 1. The van der Waals surface area contributed by atoms with Crippen molar-refractivity contribution in [1.29, 1.82) is 0 Å². The smallest absolute Gasteiger partial charge is 0.148 e. The third-order valence-corrected chi connectivity index (χ3v) is 5.00. The van der Waals surface area contributed by atoms with Gasteiger partial charge in [-0.15, -0.1) is 0 Å². The lowest BCUT2D eigenvalue weighted by Crippen LogP contribution is -2.15. The van der Waals surface area contributed by atoms with Gasteiger partial charge < -0.3 is 0 Å². The number of benzene rings is 3. The van der Waals surface area contributed by atoms with Crippen LogP contribution >= 0.6 is 0 Å². The molecule has 1 nitrogen and oxygen atoms in total. The zero-order valence-corrected chi connectivity index (χ0v) is 13.6. The summed E-state index contributed by atoms with van der Waals surface area (Å²) in [6, 6.07) is 29.0. The first-order valence-electron chi connectivity index (χ1n) is 8.53. The van der Waals surface area contributed by atoms with Gasteiger partial charge in [0.1, 0.15) is 5.78 Å². The summed E-state index contributed by atoms with van der Waals surface area (Å²) >= 11 is 0. The molecule has 1 aliphatic rings. The third kappa shape index (κ3) is 2.78. The molecule has 0 aliphatic heterocycles. The van der Waals surface area contributed by atoms with E-state index in [0.717, 1.165) is 12.8 Å². The van der Waals surface area contributed by atoms with Crippen LogP contribution in [0.1, 0.15) is 34.1 Å². The Labute approximate surface area is 143 Å². The molecule has 4 rings (SSSR count). The highest BCUT2D eigenvalue weighted by atomic mass is 16.1. The fourth-order valence-electron chi connectivity index (χ4n) is 3.82.